The van der Waals surface area contributed by atoms with Gasteiger partial charge in [-0.1, -0.05) is 47.9 Å². The van der Waals surface area contributed by atoms with Gasteiger partial charge in [-0.15, -0.1) is 0 Å². The van der Waals surface area contributed by atoms with Crippen LogP contribution in [0.4, 0.5) is 4.39 Å². The van der Waals surface area contributed by atoms with Gasteiger partial charge in [0.05, 0.1) is 5.92 Å². The lowest BCUT2D eigenvalue weighted by Gasteiger charge is -2.14. The maximum absolute atomic E-state index is 14.3. The zero-order chi connectivity index (χ0) is 17.5. The van der Waals surface area contributed by atoms with E-state index < -0.39 is 23.1 Å². The zero-order valence-electron chi connectivity index (χ0n) is 13.1. The third kappa shape index (κ3) is 4.84. The molecule has 2 aromatic rings. The first-order valence-electron chi connectivity index (χ1n) is 7.36. The van der Waals surface area contributed by atoms with Crippen LogP contribution < -0.4 is 5.39 Å². The molecule has 0 aliphatic carbocycles. The smallest absolute Gasteiger partial charge is 0.313 e. The molecule has 2 atom stereocenters. The van der Waals surface area contributed by atoms with E-state index in [0.717, 1.165) is 5.56 Å². The summed E-state index contributed by atoms with van der Waals surface area (Å²) in [4.78, 5) is 16.1. The normalized spacial score (nSPS) is 13.3. The summed E-state index contributed by atoms with van der Waals surface area (Å²) in [6, 6.07) is 13.7. The highest BCUT2D eigenvalue weighted by Crippen LogP contribution is 2.26. The van der Waals surface area contributed by atoms with Crippen molar-refractivity contribution in [3.8, 4) is 11.1 Å². The van der Waals surface area contributed by atoms with Crippen molar-refractivity contribution in [1.82, 2.24) is 0 Å². The van der Waals surface area contributed by atoms with E-state index in [1.165, 1.54) is 6.07 Å². The molecule has 0 radical (unpaired) electrons. The maximum atomic E-state index is 14.3. The Hall–Kier alpha value is -2.32. The van der Waals surface area contributed by atoms with Crippen LogP contribution in [0.3, 0.4) is 0 Å². The number of hydrogen-bond donors (Lipinski definition) is 2. The first kappa shape index (κ1) is 18.0. The number of halogens is 1. The molecule has 2 N–H and O–H groups in total. The van der Waals surface area contributed by atoms with Crippen molar-refractivity contribution in [2.75, 3.05) is 13.2 Å². The van der Waals surface area contributed by atoms with Crippen LogP contribution in [0.5, 0.6) is 0 Å². The van der Waals surface area contributed by atoms with Gasteiger partial charge in [0.2, 0.25) is 0 Å². The van der Waals surface area contributed by atoms with Gasteiger partial charge in [0.25, 0.3) is 0 Å². The Morgan fingerprint density at radius 3 is 2.58 bits per heavy atom. The van der Waals surface area contributed by atoms with Gasteiger partial charge in [-0.2, -0.15) is 10.0 Å². The average Bonchev–Trinajstić information content (AvgIpc) is 2.58. The Balaban J connectivity index is 2.01. The molecule has 0 fully saturated rings. The second kappa shape index (κ2) is 8.51. The monoisotopic (exact) mass is 335 g/mol. The standard InChI is InChI=1S/C17H18FNO5/c1-12(17(20)23-9-10-24-19(21)22)14-7-8-15(16(18)11-14)13-5-3-2-4-6-13/h2-8,11-12,19,21H,9-10H2,1H3/t12-/m0/s1. The van der Waals surface area contributed by atoms with Crippen LogP contribution >= 0.6 is 0 Å². The van der Waals surface area contributed by atoms with Gasteiger partial charge < -0.3 is 9.94 Å². The quantitative estimate of drug-likeness (QED) is 0.458. The molecule has 0 bridgehead atoms. The molecule has 0 aliphatic rings. The lowest BCUT2D eigenvalue weighted by Crippen LogP contribution is -3.03. The van der Waals surface area contributed by atoms with E-state index in [9.17, 15) is 14.4 Å². The van der Waals surface area contributed by atoms with Crippen LogP contribution in [0.25, 0.3) is 11.1 Å². The minimum absolute atomic E-state index is 0.181. The number of benzene rings is 2. The highest BCUT2D eigenvalue weighted by atomic mass is 19.1. The van der Waals surface area contributed by atoms with Crippen LogP contribution in [0.2, 0.25) is 0 Å². The van der Waals surface area contributed by atoms with E-state index in [4.69, 9.17) is 9.94 Å². The number of carbonyl (C=O) groups is 1. The van der Waals surface area contributed by atoms with Crippen LogP contribution in [-0.4, -0.2) is 24.4 Å². The molecule has 24 heavy (non-hydrogen) atoms. The van der Waals surface area contributed by atoms with Crippen molar-refractivity contribution in [2.45, 2.75) is 12.8 Å². The van der Waals surface area contributed by atoms with E-state index >= 15 is 0 Å². The fraction of sp³-hybridized carbons (Fsp3) is 0.235. The molecule has 0 spiro atoms. The Kier molecular flexibility index (Phi) is 6.39. The SMILES string of the molecule is C[C@H](C(=O)OCCO[NH+]([O-])O)c1ccc(-c2ccccc2)c(F)c1. The number of quaternary nitrogens is 1. The summed E-state index contributed by atoms with van der Waals surface area (Å²) in [6.07, 6.45) is 0. The maximum Gasteiger partial charge on any atom is 0.313 e. The number of nitrogens with one attached hydrogen (secondary N) is 1. The Morgan fingerprint density at radius 1 is 1.25 bits per heavy atom. The summed E-state index contributed by atoms with van der Waals surface area (Å²) in [6.45, 7) is 1.17. The Labute approximate surface area is 138 Å². The molecule has 1 unspecified atom stereocenters. The minimum Gasteiger partial charge on any atom is -0.566 e. The summed E-state index contributed by atoms with van der Waals surface area (Å²) >= 11 is 0. The number of carbonyl (C=O) groups excluding carboxylic acids is 1. The molecule has 0 saturated carbocycles. The van der Waals surface area contributed by atoms with E-state index in [1.54, 1.807) is 31.2 Å². The summed E-state index contributed by atoms with van der Waals surface area (Å²) in [5.74, 6) is -1.67. The summed E-state index contributed by atoms with van der Waals surface area (Å²) in [7, 11) is 0. The van der Waals surface area contributed by atoms with Crippen molar-refractivity contribution in [3.63, 3.8) is 0 Å². The minimum atomic E-state index is -1.43. The summed E-state index contributed by atoms with van der Waals surface area (Å²) in [5.41, 5.74) is 1.69. The fourth-order valence-electron chi connectivity index (χ4n) is 2.18. The predicted octanol–water partition coefficient (Wildman–Crippen LogP) is 1.84. The molecule has 0 saturated heterocycles. The molecule has 7 heteroatoms. The van der Waals surface area contributed by atoms with Gasteiger partial charge in [-0.25, -0.2) is 4.39 Å². The largest absolute Gasteiger partial charge is 0.566 e. The fourth-order valence-corrected chi connectivity index (χ4v) is 2.18. The van der Waals surface area contributed by atoms with Gasteiger partial charge in [0.15, 0.2) is 0 Å². The highest BCUT2D eigenvalue weighted by Gasteiger charge is 2.18. The number of rotatable bonds is 7. The van der Waals surface area contributed by atoms with Gasteiger partial charge in [0.1, 0.15) is 19.0 Å². The van der Waals surface area contributed by atoms with Crippen LogP contribution in [0, 0.1) is 11.0 Å². The number of ether oxygens (including phenoxy) is 1. The third-order valence-electron chi connectivity index (χ3n) is 3.48. The predicted molar refractivity (Wildman–Crippen MR) is 83.3 cm³/mol. The first-order chi connectivity index (χ1) is 11.5. The molecule has 6 nitrogen and oxygen atoms in total. The van der Waals surface area contributed by atoms with Gasteiger partial charge in [-0.3, -0.25) is 4.79 Å². The third-order valence-corrected chi connectivity index (χ3v) is 3.48. The van der Waals surface area contributed by atoms with Crippen molar-refractivity contribution < 1.29 is 29.4 Å². The van der Waals surface area contributed by atoms with E-state index in [2.05, 4.69) is 4.84 Å². The van der Waals surface area contributed by atoms with Crippen LogP contribution in [0.1, 0.15) is 18.4 Å². The molecule has 0 aliphatic heterocycles. The van der Waals surface area contributed by atoms with E-state index in [0.29, 0.717) is 11.1 Å². The first-order valence-corrected chi connectivity index (χ1v) is 7.36. The molecular weight excluding hydrogens is 317 g/mol. The lowest BCUT2D eigenvalue weighted by atomic mass is 9.97. The summed E-state index contributed by atoms with van der Waals surface area (Å²) < 4.78 is 19.2. The Morgan fingerprint density at radius 2 is 1.96 bits per heavy atom. The average molecular weight is 335 g/mol. The molecule has 128 valence electrons. The van der Waals surface area contributed by atoms with Crippen molar-refractivity contribution in [3.05, 3.63) is 65.1 Å². The van der Waals surface area contributed by atoms with Gasteiger partial charge in [0, 0.05) is 5.56 Å². The number of esters is 1. The second-order valence-corrected chi connectivity index (χ2v) is 5.11. The molecule has 0 amide bonds. The van der Waals surface area contributed by atoms with E-state index in [1.807, 2.05) is 18.2 Å². The molecular formula is C17H18FNO5. The van der Waals surface area contributed by atoms with Gasteiger partial charge >= 0.3 is 5.97 Å². The van der Waals surface area contributed by atoms with Crippen LogP contribution in [-0.2, 0) is 14.4 Å². The lowest BCUT2D eigenvalue weighted by molar-refractivity contribution is -1.21. The van der Waals surface area contributed by atoms with Crippen molar-refractivity contribution >= 4 is 5.97 Å². The number of hydrogen-bond acceptors (Lipinski definition) is 5. The highest BCUT2D eigenvalue weighted by molar-refractivity contribution is 5.78. The van der Waals surface area contributed by atoms with Crippen molar-refractivity contribution in [1.29, 1.82) is 0 Å². The topological polar surface area (TPSA) is 83.3 Å². The van der Waals surface area contributed by atoms with Crippen molar-refractivity contribution in [2.24, 2.45) is 0 Å². The molecule has 2 rings (SSSR count). The molecule has 0 heterocycles. The summed E-state index contributed by atoms with van der Waals surface area (Å²) in [5, 5.41) is 17.1. The van der Waals surface area contributed by atoms with E-state index in [-0.39, 0.29) is 13.2 Å². The molecule has 2 aromatic carbocycles. The second-order valence-electron chi connectivity index (χ2n) is 5.11. The Bertz CT molecular complexity index is 678. The van der Waals surface area contributed by atoms with Crippen LogP contribution in [0.15, 0.2) is 48.5 Å². The van der Waals surface area contributed by atoms with Gasteiger partial charge in [-0.05, 0) is 24.1 Å². The molecule has 0 aromatic heterocycles. The zero-order valence-corrected chi connectivity index (χ0v) is 13.1.